The number of halogens is 1. The SMILES string of the molecule is CCOC(=O)Cn1c(=NC(=O)c2ccccc2C(=O)OC)sc2cc(F)ccc21. The Balaban J connectivity index is 2.13. The highest BCUT2D eigenvalue weighted by atomic mass is 32.1. The van der Waals surface area contributed by atoms with Crippen LogP contribution >= 0.6 is 11.3 Å². The minimum atomic E-state index is -0.685. The summed E-state index contributed by atoms with van der Waals surface area (Å²) in [5.74, 6) is -2.31. The van der Waals surface area contributed by atoms with E-state index in [-0.39, 0.29) is 29.1 Å². The molecule has 1 aromatic heterocycles. The number of thiazole rings is 1. The highest BCUT2D eigenvalue weighted by molar-refractivity contribution is 7.16. The molecule has 0 unspecified atom stereocenters. The van der Waals surface area contributed by atoms with Gasteiger partial charge in [0.2, 0.25) is 0 Å². The van der Waals surface area contributed by atoms with Gasteiger partial charge >= 0.3 is 11.9 Å². The molecule has 0 aliphatic carbocycles. The third-order valence-corrected chi connectivity index (χ3v) is 5.04. The first-order chi connectivity index (χ1) is 13.9. The fourth-order valence-electron chi connectivity index (χ4n) is 2.73. The fraction of sp³-hybridized carbons (Fsp3) is 0.200. The van der Waals surface area contributed by atoms with Gasteiger partial charge < -0.3 is 14.0 Å². The Morgan fingerprint density at radius 1 is 1.14 bits per heavy atom. The third kappa shape index (κ3) is 4.40. The summed E-state index contributed by atoms with van der Waals surface area (Å²) >= 11 is 1.05. The van der Waals surface area contributed by atoms with E-state index < -0.39 is 23.7 Å². The number of benzene rings is 2. The second-order valence-electron chi connectivity index (χ2n) is 5.84. The van der Waals surface area contributed by atoms with Crippen molar-refractivity contribution in [2.24, 2.45) is 4.99 Å². The predicted molar refractivity (Wildman–Crippen MR) is 104 cm³/mol. The van der Waals surface area contributed by atoms with Gasteiger partial charge in [0.15, 0.2) is 4.80 Å². The van der Waals surface area contributed by atoms with Crippen molar-refractivity contribution in [2.75, 3.05) is 13.7 Å². The minimum Gasteiger partial charge on any atom is -0.465 e. The summed E-state index contributed by atoms with van der Waals surface area (Å²) in [6.45, 7) is 1.69. The summed E-state index contributed by atoms with van der Waals surface area (Å²) in [5, 5.41) is 0. The maximum absolute atomic E-state index is 13.6. The van der Waals surface area contributed by atoms with Gasteiger partial charge in [-0.1, -0.05) is 23.5 Å². The van der Waals surface area contributed by atoms with Crippen LogP contribution in [0.25, 0.3) is 10.2 Å². The van der Waals surface area contributed by atoms with Crippen molar-refractivity contribution in [3.05, 3.63) is 64.2 Å². The van der Waals surface area contributed by atoms with Gasteiger partial charge in [0.05, 0.1) is 35.1 Å². The van der Waals surface area contributed by atoms with E-state index >= 15 is 0 Å². The van der Waals surface area contributed by atoms with Crippen LogP contribution in [0.3, 0.4) is 0 Å². The number of hydrogen-bond donors (Lipinski definition) is 0. The second-order valence-corrected chi connectivity index (χ2v) is 6.85. The number of hydrogen-bond acceptors (Lipinski definition) is 6. The Morgan fingerprint density at radius 3 is 2.55 bits per heavy atom. The van der Waals surface area contributed by atoms with Crippen LogP contribution in [0.4, 0.5) is 4.39 Å². The zero-order valence-electron chi connectivity index (χ0n) is 15.7. The van der Waals surface area contributed by atoms with E-state index in [0.717, 1.165) is 11.3 Å². The van der Waals surface area contributed by atoms with Crippen molar-refractivity contribution in [1.29, 1.82) is 0 Å². The van der Waals surface area contributed by atoms with E-state index in [2.05, 4.69) is 4.99 Å². The van der Waals surface area contributed by atoms with Gasteiger partial charge in [0.25, 0.3) is 5.91 Å². The van der Waals surface area contributed by atoms with E-state index in [1.165, 1.54) is 42.0 Å². The van der Waals surface area contributed by atoms with Crippen molar-refractivity contribution >= 4 is 39.4 Å². The average molecular weight is 416 g/mol. The molecule has 0 N–H and O–H groups in total. The van der Waals surface area contributed by atoms with Gasteiger partial charge in [0.1, 0.15) is 12.4 Å². The largest absolute Gasteiger partial charge is 0.465 e. The summed E-state index contributed by atoms with van der Waals surface area (Å²) in [7, 11) is 1.22. The Bertz CT molecular complexity index is 1170. The molecule has 3 aromatic rings. The number of nitrogens with zero attached hydrogens (tertiary/aromatic N) is 2. The molecule has 0 fully saturated rings. The lowest BCUT2D eigenvalue weighted by atomic mass is 10.1. The third-order valence-electron chi connectivity index (χ3n) is 4.00. The van der Waals surface area contributed by atoms with Crippen molar-refractivity contribution in [3.8, 4) is 0 Å². The van der Waals surface area contributed by atoms with Gasteiger partial charge in [-0.15, -0.1) is 0 Å². The van der Waals surface area contributed by atoms with E-state index in [0.29, 0.717) is 10.2 Å². The first-order valence-corrected chi connectivity index (χ1v) is 9.47. The van der Waals surface area contributed by atoms with Crippen LogP contribution < -0.4 is 4.80 Å². The molecule has 0 aliphatic heterocycles. The fourth-order valence-corrected chi connectivity index (χ4v) is 3.78. The summed E-state index contributed by atoms with van der Waals surface area (Å²) in [6.07, 6.45) is 0. The molecule has 0 saturated carbocycles. The molecule has 0 radical (unpaired) electrons. The van der Waals surface area contributed by atoms with Gasteiger partial charge in [-0.2, -0.15) is 4.99 Å². The number of esters is 2. The van der Waals surface area contributed by atoms with E-state index in [1.54, 1.807) is 19.1 Å². The Labute approximate surface area is 169 Å². The van der Waals surface area contributed by atoms with Gasteiger partial charge in [-0.3, -0.25) is 9.59 Å². The summed E-state index contributed by atoms with van der Waals surface area (Å²) < 4.78 is 25.3. The molecule has 150 valence electrons. The molecule has 1 heterocycles. The molecular weight excluding hydrogens is 399 g/mol. The average Bonchev–Trinajstić information content (AvgIpc) is 3.03. The Hall–Kier alpha value is -3.33. The Morgan fingerprint density at radius 2 is 1.86 bits per heavy atom. The maximum atomic E-state index is 13.6. The molecule has 9 heteroatoms. The first-order valence-electron chi connectivity index (χ1n) is 8.65. The second kappa shape index (κ2) is 8.78. The quantitative estimate of drug-likeness (QED) is 0.597. The molecule has 0 aliphatic rings. The highest BCUT2D eigenvalue weighted by Crippen LogP contribution is 2.19. The summed E-state index contributed by atoms with van der Waals surface area (Å²) in [6, 6.07) is 10.2. The van der Waals surface area contributed by atoms with Crippen LogP contribution in [0.1, 0.15) is 27.6 Å². The predicted octanol–water partition coefficient (Wildman–Crippen LogP) is 2.93. The van der Waals surface area contributed by atoms with Crippen molar-refractivity contribution in [1.82, 2.24) is 4.57 Å². The van der Waals surface area contributed by atoms with Gasteiger partial charge in [-0.05, 0) is 37.3 Å². The lowest BCUT2D eigenvalue weighted by Gasteiger charge is -2.06. The molecule has 1 amide bonds. The van der Waals surface area contributed by atoms with Gasteiger partial charge in [0, 0.05) is 0 Å². The Kier molecular flexibility index (Phi) is 6.18. The number of ether oxygens (including phenoxy) is 2. The highest BCUT2D eigenvalue weighted by Gasteiger charge is 2.18. The van der Waals surface area contributed by atoms with Crippen LogP contribution in [0.15, 0.2) is 47.5 Å². The molecular formula is C20H17FN2O5S. The molecule has 2 aromatic carbocycles. The van der Waals surface area contributed by atoms with Crippen molar-refractivity contribution in [3.63, 3.8) is 0 Å². The minimum absolute atomic E-state index is 0.0608. The van der Waals surface area contributed by atoms with E-state index in [9.17, 15) is 18.8 Å². The molecule has 0 bridgehead atoms. The lowest BCUT2D eigenvalue weighted by molar-refractivity contribution is -0.143. The maximum Gasteiger partial charge on any atom is 0.338 e. The van der Waals surface area contributed by atoms with Crippen molar-refractivity contribution in [2.45, 2.75) is 13.5 Å². The summed E-state index contributed by atoms with van der Waals surface area (Å²) in [4.78, 5) is 41.0. The van der Waals surface area contributed by atoms with Crippen LogP contribution in [-0.4, -0.2) is 36.1 Å². The van der Waals surface area contributed by atoms with Crippen LogP contribution in [0, 0.1) is 5.82 Å². The molecule has 0 atom stereocenters. The number of methoxy groups -OCH3 is 1. The number of carbonyl (C=O) groups is 3. The van der Waals surface area contributed by atoms with E-state index in [1.807, 2.05) is 0 Å². The van der Waals surface area contributed by atoms with Crippen molar-refractivity contribution < 1.29 is 28.2 Å². The molecule has 3 rings (SSSR count). The van der Waals surface area contributed by atoms with Gasteiger partial charge in [-0.25, -0.2) is 9.18 Å². The summed E-state index contributed by atoms with van der Waals surface area (Å²) in [5.41, 5.74) is 0.677. The number of aromatic nitrogens is 1. The number of fused-ring (bicyclic) bond motifs is 1. The normalized spacial score (nSPS) is 11.5. The van der Waals surface area contributed by atoms with Crippen LogP contribution in [-0.2, 0) is 20.8 Å². The standard InChI is InChI=1S/C20H17FN2O5S/c1-3-28-17(24)11-23-15-9-8-12(21)10-16(15)29-20(23)22-18(25)13-6-4-5-7-14(13)19(26)27-2/h4-10H,3,11H2,1-2H3. The molecule has 0 saturated heterocycles. The van der Waals surface area contributed by atoms with E-state index in [4.69, 9.17) is 9.47 Å². The van der Waals surface area contributed by atoms with Crippen LogP contribution in [0.5, 0.6) is 0 Å². The smallest absolute Gasteiger partial charge is 0.338 e. The molecule has 7 nitrogen and oxygen atoms in total. The molecule has 29 heavy (non-hydrogen) atoms. The van der Waals surface area contributed by atoms with Crippen LogP contribution in [0.2, 0.25) is 0 Å². The monoisotopic (exact) mass is 416 g/mol. The zero-order chi connectivity index (χ0) is 21.0. The first kappa shape index (κ1) is 20.4. The zero-order valence-corrected chi connectivity index (χ0v) is 16.5. The lowest BCUT2D eigenvalue weighted by Crippen LogP contribution is -2.23. The number of carbonyl (C=O) groups excluding carboxylic acids is 3. The molecule has 0 spiro atoms. The topological polar surface area (TPSA) is 87.0 Å². The number of rotatable bonds is 5. The number of amides is 1.